The molecule has 0 saturated heterocycles. The average Bonchev–Trinajstić information content (AvgIpc) is 2.19. The molecule has 1 amide bonds. The minimum absolute atomic E-state index is 0.0154. The van der Waals surface area contributed by atoms with Crippen LogP contribution in [0.15, 0.2) is 0 Å². The van der Waals surface area contributed by atoms with Gasteiger partial charge >= 0.3 is 0 Å². The van der Waals surface area contributed by atoms with Gasteiger partial charge in [-0.15, -0.1) is 0 Å². The summed E-state index contributed by atoms with van der Waals surface area (Å²) < 4.78 is 0. The van der Waals surface area contributed by atoms with Crippen LogP contribution in [0.25, 0.3) is 0 Å². The summed E-state index contributed by atoms with van der Waals surface area (Å²) in [6, 6.07) is 0. The third-order valence-corrected chi connectivity index (χ3v) is 2.60. The predicted molar refractivity (Wildman–Crippen MR) is 60.0 cm³/mol. The van der Waals surface area contributed by atoms with Crippen LogP contribution in [0.3, 0.4) is 0 Å². The van der Waals surface area contributed by atoms with Crippen LogP contribution in [0.4, 0.5) is 0 Å². The molecule has 0 aliphatic carbocycles. The predicted octanol–water partition coefficient (Wildman–Crippen LogP) is 1.62. The van der Waals surface area contributed by atoms with Gasteiger partial charge in [-0.05, 0) is 12.8 Å². The smallest absolute Gasteiger partial charge is 0.226 e. The third-order valence-electron chi connectivity index (χ3n) is 2.60. The van der Waals surface area contributed by atoms with Gasteiger partial charge in [-0.25, -0.2) is 0 Å². The van der Waals surface area contributed by atoms with Crippen LogP contribution in [0, 0.1) is 5.92 Å². The summed E-state index contributed by atoms with van der Waals surface area (Å²) in [4.78, 5) is 13.6. The number of nitrogens with zero attached hydrogens (tertiary/aromatic N) is 1. The standard InChI is InChI=1S/C11H24N2O/c1-4-6-7-8-13(3)11(14)10(5-2)9-12/h10H,4-9,12H2,1-3H3. The molecule has 84 valence electrons. The van der Waals surface area contributed by atoms with Gasteiger partial charge in [-0.3, -0.25) is 4.79 Å². The van der Waals surface area contributed by atoms with E-state index in [9.17, 15) is 4.79 Å². The molecule has 0 radical (unpaired) electrons. The van der Waals surface area contributed by atoms with Gasteiger partial charge in [0, 0.05) is 20.1 Å². The van der Waals surface area contributed by atoms with E-state index in [1.54, 1.807) is 0 Å². The van der Waals surface area contributed by atoms with Crippen LogP contribution in [-0.2, 0) is 4.79 Å². The van der Waals surface area contributed by atoms with Crippen molar-refractivity contribution in [3.8, 4) is 0 Å². The average molecular weight is 200 g/mol. The van der Waals surface area contributed by atoms with Crippen molar-refractivity contribution in [2.45, 2.75) is 39.5 Å². The lowest BCUT2D eigenvalue weighted by molar-refractivity contribution is -0.134. The van der Waals surface area contributed by atoms with Gasteiger partial charge in [0.25, 0.3) is 0 Å². The van der Waals surface area contributed by atoms with Crippen LogP contribution in [0.2, 0.25) is 0 Å². The maximum absolute atomic E-state index is 11.7. The maximum atomic E-state index is 11.7. The van der Waals surface area contributed by atoms with E-state index in [0.29, 0.717) is 6.54 Å². The molecule has 0 aromatic heterocycles. The molecule has 0 aliphatic rings. The molecule has 1 unspecified atom stereocenters. The highest BCUT2D eigenvalue weighted by molar-refractivity contribution is 5.78. The van der Waals surface area contributed by atoms with E-state index in [1.807, 2.05) is 18.9 Å². The Morgan fingerprint density at radius 3 is 2.43 bits per heavy atom. The molecule has 3 heteroatoms. The molecule has 0 aliphatic heterocycles. The SMILES string of the molecule is CCCCCN(C)C(=O)C(CC)CN. The van der Waals surface area contributed by atoms with E-state index in [4.69, 9.17) is 5.73 Å². The fourth-order valence-corrected chi connectivity index (χ4v) is 1.46. The second-order valence-electron chi connectivity index (χ2n) is 3.81. The monoisotopic (exact) mass is 200 g/mol. The quantitative estimate of drug-likeness (QED) is 0.635. The normalized spacial score (nSPS) is 12.6. The van der Waals surface area contributed by atoms with Crippen LogP contribution in [0.5, 0.6) is 0 Å². The number of hydrogen-bond acceptors (Lipinski definition) is 2. The fourth-order valence-electron chi connectivity index (χ4n) is 1.46. The lowest BCUT2D eigenvalue weighted by Gasteiger charge is -2.21. The third kappa shape index (κ3) is 4.61. The number of carbonyl (C=O) groups is 1. The van der Waals surface area contributed by atoms with Crippen LogP contribution in [0.1, 0.15) is 39.5 Å². The minimum atomic E-state index is 0.0154. The summed E-state index contributed by atoms with van der Waals surface area (Å²) in [7, 11) is 1.87. The molecule has 3 nitrogen and oxygen atoms in total. The molecule has 0 aromatic carbocycles. The van der Waals surface area contributed by atoms with Crippen LogP contribution in [-0.4, -0.2) is 30.9 Å². The van der Waals surface area contributed by atoms with Crippen molar-refractivity contribution < 1.29 is 4.79 Å². The Labute approximate surface area is 87.6 Å². The first-order chi connectivity index (χ1) is 6.67. The summed E-state index contributed by atoms with van der Waals surface area (Å²) >= 11 is 0. The van der Waals surface area contributed by atoms with E-state index in [0.717, 1.165) is 19.4 Å². The molecule has 0 heterocycles. The summed E-state index contributed by atoms with van der Waals surface area (Å²) in [5, 5.41) is 0. The molecule has 0 bridgehead atoms. The zero-order chi connectivity index (χ0) is 11.0. The Morgan fingerprint density at radius 1 is 1.36 bits per heavy atom. The first-order valence-electron chi connectivity index (χ1n) is 5.62. The van der Waals surface area contributed by atoms with Crippen LogP contribution >= 0.6 is 0 Å². The van der Waals surface area contributed by atoms with E-state index >= 15 is 0 Å². The molecule has 0 saturated carbocycles. The van der Waals surface area contributed by atoms with Crippen molar-refractivity contribution >= 4 is 5.91 Å². The Hall–Kier alpha value is -0.570. The zero-order valence-corrected chi connectivity index (χ0v) is 9.75. The summed E-state index contributed by atoms with van der Waals surface area (Å²) in [6.45, 7) is 5.50. The highest BCUT2D eigenvalue weighted by atomic mass is 16.2. The van der Waals surface area contributed by atoms with Gasteiger partial charge < -0.3 is 10.6 Å². The van der Waals surface area contributed by atoms with Crippen LogP contribution < -0.4 is 5.73 Å². The first kappa shape index (κ1) is 13.4. The number of carbonyl (C=O) groups excluding carboxylic acids is 1. The Morgan fingerprint density at radius 2 is 2.00 bits per heavy atom. The lowest BCUT2D eigenvalue weighted by Crippen LogP contribution is -2.36. The largest absolute Gasteiger partial charge is 0.345 e. The summed E-state index contributed by atoms with van der Waals surface area (Å²) in [5.41, 5.74) is 5.53. The highest BCUT2D eigenvalue weighted by Crippen LogP contribution is 2.06. The molecule has 0 rings (SSSR count). The van der Waals surface area contributed by atoms with Crippen molar-refractivity contribution in [3.63, 3.8) is 0 Å². The number of amides is 1. The van der Waals surface area contributed by atoms with Crippen molar-refractivity contribution in [2.24, 2.45) is 11.7 Å². The van der Waals surface area contributed by atoms with E-state index in [1.165, 1.54) is 12.8 Å². The molecule has 1 atom stereocenters. The molecular weight excluding hydrogens is 176 g/mol. The number of unbranched alkanes of at least 4 members (excludes halogenated alkanes) is 2. The van der Waals surface area contributed by atoms with Gasteiger partial charge in [-0.1, -0.05) is 26.7 Å². The molecule has 14 heavy (non-hydrogen) atoms. The first-order valence-corrected chi connectivity index (χ1v) is 5.62. The molecule has 0 aromatic rings. The Bertz CT molecular complexity index is 155. The molecule has 0 spiro atoms. The Balaban J connectivity index is 3.84. The summed E-state index contributed by atoms with van der Waals surface area (Å²) in [5.74, 6) is 0.215. The molecule has 0 fully saturated rings. The fraction of sp³-hybridized carbons (Fsp3) is 0.909. The van der Waals surface area contributed by atoms with Crippen molar-refractivity contribution in [3.05, 3.63) is 0 Å². The van der Waals surface area contributed by atoms with Crippen molar-refractivity contribution in [1.29, 1.82) is 0 Å². The molecule has 2 N–H and O–H groups in total. The van der Waals surface area contributed by atoms with Gasteiger partial charge in [0.15, 0.2) is 0 Å². The maximum Gasteiger partial charge on any atom is 0.226 e. The van der Waals surface area contributed by atoms with Gasteiger partial charge in [-0.2, -0.15) is 0 Å². The second-order valence-corrected chi connectivity index (χ2v) is 3.81. The number of rotatable bonds is 7. The summed E-state index contributed by atoms with van der Waals surface area (Å²) in [6.07, 6.45) is 4.32. The van der Waals surface area contributed by atoms with Crippen molar-refractivity contribution in [1.82, 2.24) is 4.90 Å². The van der Waals surface area contributed by atoms with E-state index in [-0.39, 0.29) is 11.8 Å². The van der Waals surface area contributed by atoms with Gasteiger partial charge in [0.1, 0.15) is 0 Å². The topological polar surface area (TPSA) is 46.3 Å². The minimum Gasteiger partial charge on any atom is -0.345 e. The van der Waals surface area contributed by atoms with E-state index in [2.05, 4.69) is 6.92 Å². The van der Waals surface area contributed by atoms with Gasteiger partial charge in [0.05, 0.1) is 5.92 Å². The van der Waals surface area contributed by atoms with Crippen molar-refractivity contribution in [2.75, 3.05) is 20.1 Å². The number of nitrogens with two attached hydrogens (primary N) is 1. The highest BCUT2D eigenvalue weighted by Gasteiger charge is 2.17. The molecular formula is C11H24N2O. The number of hydrogen-bond donors (Lipinski definition) is 1. The Kier molecular flexibility index (Phi) is 7.48. The van der Waals surface area contributed by atoms with Gasteiger partial charge in [0.2, 0.25) is 5.91 Å². The second kappa shape index (κ2) is 7.80. The lowest BCUT2D eigenvalue weighted by atomic mass is 10.1. The van der Waals surface area contributed by atoms with E-state index < -0.39 is 0 Å². The zero-order valence-electron chi connectivity index (χ0n) is 9.75.